The van der Waals surface area contributed by atoms with Gasteiger partial charge in [0.2, 0.25) is 0 Å². The van der Waals surface area contributed by atoms with E-state index in [0.29, 0.717) is 11.5 Å². The van der Waals surface area contributed by atoms with Crippen LogP contribution in [0.25, 0.3) is 0 Å². The lowest BCUT2D eigenvalue weighted by Crippen LogP contribution is -2.53. The van der Waals surface area contributed by atoms with Gasteiger partial charge in [0.05, 0.1) is 21.3 Å². The minimum absolute atomic E-state index is 0.202. The van der Waals surface area contributed by atoms with Gasteiger partial charge in [-0.05, 0) is 6.42 Å². The Morgan fingerprint density at radius 1 is 1.17 bits per heavy atom. The first-order valence-corrected chi connectivity index (χ1v) is 5.77. The highest BCUT2D eigenvalue weighted by Gasteiger charge is 2.35. The number of hydrogen-bond donors (Lipinski definition) is 0. The standard InChI is InChI=1S/C13H17NO4/c1-16-10-6-9(7-11(8-10)17-2)14-5-4-12(14)13(15)18-3/h6-8,12H,4-5H2,1-3H3. The van der Waals surface area contributed by atoms with Gasteiger partial charge in [-0.25, -0.2) is 4.79 Å². The zero-order chi connectivity index (χ0) is 13.1. The van der Waals surface area contributed by atoms with Crippen molar-refractivity contribution in [1.82, 2.24) is 0 Å². The first-order valence-electron chi connectivity index (χ1n) is 5.77. The second-order valence-electron chi connectivity index (χ2n) is 4.09. The SMILES string of the molecule is COC(=O)C1CCN1c1cc(OC)cc(OC)c1. The third-order valence-corrected chi connectivity index (χ3v) is 3.16. The number of carbonyl (C=O) groups is 1. The van der Waals surface area contributed by atoms with E-state index >= 15 is 0 Å². The van der Waals surface area contributed by atoms with Crippen LogP contribution < -0.4 is 14.4 Å². The summed E-state index contributed by atoms with van der Waals surface area (Å²) in [5.41, 5.74) is 0.910. The van der Waals surface area contributed by atoms with Crippen LogP contribution in [0, 0.1) is 0 Å². The fourth-order valence-electron chi connectivity index (χ4n) is 2.04. The summed E-state index contributed by atoms with van der Waals surface area (Å²) in [4.78, 5) is 13.5. The van der Waals surface area contributed by atoms with E-state index in [4.69, 9.17) is 14.2 Å². The van der Waals surface area contributed by atoms with Crippen molar-refractivity contribution in [3.63, 3.8) is 0 Å². The fourth-order valence-corrected chi connectivity index (χ4v) is 2.04. The van der Waals surface area contributed by atoms with Crippen molar-refractivity contribution < 1.29 is 19.0 Å². The Morgan fingerprint density at radius 3 is 2.17 bits per heavy atom. The highest BCUT2D eigenvalue weighted by Crippen LogP contribution is 2.33. The molecule has 0 radical (unpaired) electrons. The third-order valence-electron chi connectivity index (χ3n) is 3.16. The molecular weight excluding hydrogens is 234 g/mol. The van der Waals surface area contributed by atoms with Crippen LogP contribution in [0.1, 0.15) is 6.42 Å². The van der Waals surface area contributed by atoms with Crippen LogP contribution >= 0.6 is 0 Å². The summed E-state index contributed by atoms with van der Waals surface area (Å²) in [5.74, 6) is 1.21. The van der Waals surface area contributed by atoms with Gasteiger partial charge in [-0.1, -0.05) is 0 Å². The normalized spacial score (nSPS) is 17.9. The molecule has 0 N–H and O–H groups in total. The van der Waals surface area contributed by atoms with Crippen molar-refractivity contribution in [2.45, 2.75) is 12.5 Å². The Labute approximate surface area is 106 Å². The minimum atomic E-state index is -0.206. The van der Waals surface area contributed by atoms with Gasteiger partial charge in [0.15, 0.2) is 0 Å². The van der Waals surface area contributed by atoms with Crippen LogP contribution in [-0.4, -0.2) is 39.9 Å². The molecule has 1 aliphatic rings. The predicted octanol–water partition coefficient (Wildman–Crippen LogP) is 1.46. The van der Waals surface area contributed by atoms with Crippen molar-refractivity contribution in [2.24, 2.45) is 0 Å². The summed E-state index contributed by atoms with van der Waals surface area (Å²) in [6.07, 6.45) is 0.812. The smallest absolute Gasteiger partial charge is 0.328 e. The van der Waals surface area contributed by atoms with Gasteiger partial charge in [0, 0.05) is 30.4 Å². The van der Waals surface area contributed by atoms with E-state index in [1.165, 1.54) is 7.11 Å². The molecule has 0 aliphatic carbocycles. The molecule has 1 unspecified atom stereocenters. The van der Waals surface area contributed by atoms with Crippen LogP contribution in [0.15, 0.2) is 18.2 Å². The van der Waals surface area contributed by atoms with Crippen molar-refractivity contribution in [1.29, 1.82) is 0 Å². The summed E-state index contributed by atoms with van der Waals surface area (Å²) in [7, 11) is 4.61. The van der Waals surface area contributed by atoms with Crippen LogP contribution in [0.5, 0.6) is 11.5 Å². The molecule has 18 heavy (non-hydrogen) atoms. The summed E-state index contributed by atoms with van der Waals surface area (Å²) in [5, 5.41) is 0. The Morgan fingerprint density at radius 2 is 1.78 bits per heavy atom. The molecule has 2 rings (SSSR count). The van der Waals surface area contributed by atoms with E-state index < -0.39 is 0 Å². The van der Waals surface area contributed by atoms with E-state index in [0.717, 1.165) is 18.7 Å². The van der Waals surface area contributed by atoms with Crippen molar-refractivity contribution >= 4 is 11.7 Å². The van der Waals surface area contributed by atoms with Gasteiger partial charge in [-0.2, -0.15) is 0 Å². The molecule has 0 amide bonds. The predicted molar refractivity (Wildman–Crippen MR) is 67.3 cm³/mol. The Balaban J connectivity index is 2.25. The largest absolute Gasteiger partial charge is 0.497 e. The summed E-state index contributed by atoms with van der Waals surface area (Å²) >= 11 is 0. The van der Waals surface area contributed by atoms with Gasteiger partial charge >= 0.3 is 5.97 Å². The number of hydrogen-bond acceptors (Lipinski definition) is 5. The van der Waals surface area contributed by atoms with Crippen LogP contribution in [0.4, 0.5) is 5.69 Å². The Bertz CT molecular complexity index is 424. The molecule has 1 aromatic carbocycles. The van der Waals surface area contributed by atoms with Crippen molar-refractivity contribution in [2.75, 3.05) is 32.8 Å². The van der Waals surface area contributed by atoms with E-state index in [9.17, 15) is 4.79 Å². The van der Waals surface area contributed by atoms with E-state index in [-0.39, 0.29) is 12.0 Å². The number of anilines is 1. The number of benzene rings is 1. The first-order chi connectivity index (χ1) is 8.69. The third kappa shape index (κ3) is 2.20. The molecule has 0 saturated carbocycles. The lowest BCUT2D eigenvalue weighted by molar-refractivity contribution is -0.143. The number of ether oxygens (including phenoxy) is 3. The van der Waals surface area contributed by atoms with E-state index in [1.807, 2.05) is 17.0 Å². The molecule has 0 spiro atoms. The molecule has 5 heteroatoms. The molecule has 1 atom stereocenters. The van der Waals surface area contributed by atoms with E-state index in [2.05, 4.69) is 0 Å². The van der Waals surface area contributed by atoms with Crippen LogP contribution in [0.3, 0.4) is 0 Å². The number of esters is 1. The highest BCUT2D eigenvalue weighted by molar-refractivity contribution is 5.82. The van der Waals surface area contributed by atoms with Gasteiger partial charge in [-0.15, -0.1) is 0 Å². The molecule has 5 nitrogen and oxygen atoms in total. The van der Waals surface area contributed by atoms with Crippen molar-refractivity contribution in [3.8, 4) is 11.5 Å². The number of rotatable bonds is 4. The summed E-state index contributed by atoms with van der Waals surface area (Å²) < 4.78 is 15.2. The molecule has 1 aliphatic heterocycles. The molecule has 1 aromatic rings. The molecule has 0 bridgehead atoms. The Hall–Kier alpha value is -1.91. The maximum absolute atomic E-state index is 11.6. The molecule has 1 heterocycles. The molecule has 0 aromatic heterocycles. The summed E-state index contributed by atoms with van der Waals surface area (Å²) in [6, 6.07) is 5.37. The molecular formula is C13H17NO4. The van der Waals surface area contributed by atoms with Gasteiger partial charge in [0.1, 0.15) is 17.5 Å². The van der Waals surface area contributed by atoms with E-state index in [1.54, 1.807) is 20.3 Å². The second kappa shape index (κ2) is 5.16. The summed E-state index contributed by atoms with van der Waals surface area (Å²) in [6.45, 7) is 0.829. The molecule has 98 valence electrons. The average Bonchev–Trinajstić information content (AvgIpc) is 2.36. The van der Waals surface area contributed by atoms with Crippen molar-refractivity contribution in [3.05, 3.63) is 18.2 Å². The average molecular weight is 251 g/mol. The lowest BCUT2D eigenvalue weighted by Gasteiger charge is -2.40. The van der Waals surface area contributed by atoms with Gasteiger partial charge < -0.3 is 19.1 Å². The zero-order valence-electron chi connectivity index (χ0n) is 10.8. The number of methoxy groups -OCH3 is 3. The van der Waals surface area contributed by atoms with Crippen LogP contribution in [-0.2, 0) is 9.53 Å². The quantitative estimate of drug-likeness (QED) is 0.758. The lowest BCUT2D eigenvalue weighted by atomic mass is 10.0. The molecule has 1 fully saturated rings. The Kier molecular flexibility index (Phi) is 3.60. The topological polar surface area (TPSA) is 48.0 Å². The first kappa shape index (κ1) is 12.5. The maximum Gasteiger partial charge on any atom is 0.328 e. The maximum atomic E-state index is 11.6. The monoisotopic (exact) mass is 251 g/mol. The highest BCUT2D eigenvalue weighted by atomic mass is 16.5. The number of carbonyl (C=O) groups excluding carboxylic acids is 1. The van der Waals surface area contributed by atoms with Crippen LogP contribution in [0.2, 0.25) is 0 Å². The van der Waals surface area contributed by atoms with Gasteiger partial charge in [-0.3, -0.25) is 0 Å². The second-order valence-corrected chi connectivity index (χ2v) is 4.09. The fraction of sp³-hybridized carbons (Fsp3) is 0.462. The molecule has 1 saturated heterocycles. The van der Waals surface area contributed by atoms with Gasteiger partial charge in [0.25, 0.3) is 0 Å². The minimum Gasteiger partial charge on any atom is -0.497 e. The number of nitrogens with zero attached hydrogens (tertiary/aromatic N) is 1. The zero-order valence-corrected chi connectivity index (χ0v) is 10.8.